The molecule has 4 rings (SSSR count). The van der Waals surface area contributed by atoms with Crippen molar-refractivity contribution in [2.75, 3.05) is 25.0 Å². The molecule has 2 aromatic heterocycles. The van der Waals surface area contributed by atoms with E-state index < -0.39 is 35.6 Å². The van der Waals surface area contributed by atoms with Crippen LogP contribution in [0.1, 0.15) is 9.67 Å². The van der Waals surface area contributed by atoms with Crippen molar-refractivity contribution < 1.29 is 42.7 Å². The average Bonchev–Trinajstić information content (AvgIpc) is 3.41. The Morgan fingerprint density at radius 3 is 2.56 bits per heavy atom. The molecule has 1 fully saturated rings. The molecule has 3 heterocycles. The molecule has 0 radical (unpaired) electrons. The van der Waals surface area contributed by atoms with Crippen LogP contribution in [-0.4, -0.2) is 52.9 Å². The summed E-state index contributed by atoms with van der Waals surface area (Å²) < 4.78 is 16.3. The number of thiophene rings is 1. The molecule has 0 aliphatic carbocycles. The van der Waals surface area contributed by atoms with Crippen LogP contribution in [0.15, 0.2) is 59.5 Å². The number of hydrogen-bond donors (Lipinski definition) is 2. The Bertz CT molecular complexity index is 1350. The fourth-order valence-electron chi connectivity index (χ4n) is 3.86. The first-order valence-electron chi connectivity index (χ1n) is 10.5. The number of nitrogens with zero attached hydrogens (tertiary/aromatic N) is 2. The number of carbonyl (C=O) groups excluding carboxylic acids is 3. The van der Waals surface area contributed by atoms with Gasteiger partial charge in [0.25, 0.3) is 11.5 Å². The van der Waals surface area contributed by atoms with Crippen molar-refractivity contribution in [2.24, 2.45) is 5.92 Å². The Balaban J connectivity index is 0.00000361. The van der Waals surface area contributed by atoms with Gasteiger partial charge < -0.3 is 20.5 Å². The summed E-state index contributed by atoms with van der Waals surface area (Å²) in [5.74, 6) is -4.14. The number of halogens is 2. The standard InChI is InChI=1S/C23H20ClFN4O5S.Li/c24-19-7-6-18(35-19)22(32)27-17-11-28(10-14(17)23(33)34)12-20(30)26-16-5-4-13(9-15(16)25)29-8-2-1-3-21(29)31;/h1-9,14,17H,10-12H2,(H,26,30)(H,27,32)(H,33,34);/q;+1/p-1/t14-,17-;/m0./s1. The van der Waals surface area contributed by atoms with Gasteiger partial charge in [-0.2, -0.15) is 0 Å². The van der Waals surface area contributed by atoms with Crippen molar-refractivity contribution in [3.05, 3.63) is 80.1 Å². The molecule has 2 N–H and O–H groups in total. The SMILES string of the molecule is O=C(CN1C[C@H](NC(=O)c2ccc(Cl)s2)[C@@H](C(=O)[O-])C1)Nc1ccc(-n2ccccc2=O)cc1F.[Li+]. The molecule has 1 aliphatic heterocycles. The summed E-state index contributed by atoms with van der Waals surface area (Å²) in [6.45, 7) is -0.153. The number of anilines is 1. The van der Waals surface area contributed by atoms with Gasteiger partial charge in [0.2, 0.25) is 5.91 Å². The monoisotopic (exact) mass is 524 g/mol. The molecule has 0 spiro atoms. The van der Waals surface area contributed by atoms with E-state index in [2.05, 4.69) is 10.6 Å². The largest absolute Gasteiger partial charge is 1.00 e. The Morgan fingerprint density at radius 1 is 1.14 bits per heavy atom. The van der Waals surface area contributed by atoms with Crippen molar-refractivity contribution in [1.82, 2.24) is 14.8 Å². The first-order chi connectivity index (χ1) is 16.7. The smallest absolute Gasteiger partial charge is 0.550 e. The Hall–Kier alpha value is -2.94. The number of aromatic nitrogens is 1. The molecule has 1 aliphatic rings. The third-order valence-corrected chi connectivity index (χ3v) is 6.74. The predicted molar refractivity (Wildman–Crippen MR) is 126 cm³/mol. The van der Waals surface area contributed by atoms with Gasteiger partial charge >= 0.3 is 18.9 Å². The minimum atomic E-state index is -1.35. The molecule has 0 saturated carbocycles. The molecular weight excluding hydrogens is 506 g/mol. The van der Waals surface area contributed by atoms with Crippen molar-refractivity contribution in [2.45, 2.75) is 6.04 Å². The number of nitrogens with one attached hydrogen (secondary N) is 2. The predicted octanol–water partition coefficient (Wildman–Crippen LogP) is -1.89. The van der Waals surface area contributed by atoms with E-state index in [0.29, 0.717) is 14.9 Å². The summed E-state index contributed by atoms with van der Waals surface area (Å²) in [6.07, 6.45) is 1.50. The van der Waals surface area contributed by atoms with Gasteiger partial charge in [0.15, 0.2) is 0 Å². The molecule has 36 heavy (non-hydrogen) atoms. The summed E-state index contributed by atoms with van der Waals surface area (Å²) in [5.41, 5.74) is -0.116. The molecule has 2 amide bonds. The van der Waals surface area contributed by atoms with Crippen molar-refractivity contribution >= 4 is 46.4 Å². The maximum absolute atomic E-state index is 14.6. The van der Waals surface area contributed by atoms with E-state index in [0.717, 1.165) is 17.4 Å². The van der Waals surface area contributed by atoms with Crippen LogP contribution in [0.5, 0.6) is 0 Å². The molecule has 9 nitrogen and oxygen atoms in total. The molecule has 1 saturated heterocycles. The van der Waals surface area contributed by atoms with Crippen molar-refractivity contribution in [3.63, 3.8) is 0 Å². The fourth-order valence-corrected chi connectivity index (χ4v) is 4.81. The minimum Gasteiger partial charge on any atom is -0.550 e. The number of pyridine rings is 1. The number of carboxylic acid groups (broad SMARTS) is 1. The van der Waals surface area contributed by atoms with Gasteiger partial charge in [0, 0.05) is 43.3 Å². The third-order valence-electron chi connectivity index (χ3n) is 5.51. The normalized spacial score (nSPS) is 17.3. The zero-order valence-corrected chi connectivity index (χ0v) is 20.6. The molecule has 13 heteroatoms. The zero-order valence-electron chi connectivity index (χ0n) is 19.1. The van der Waals surface area contributed by atoms with E-state index >= 15 is 0 Å². The topological polar surface area (TPSA) is 124 Å². The maximum Gasteiger partial charge on any atom is 1.00 e. The number of hydrogen-bond acceptors (Lipinski definition) is 7. The molecule has 182 valence electrons. The summed E-state index contributed by atoms with van der Waals surface area (Å²) in [7, 11) is 0. The number of benzene rings is 1. The average molecular weight is 525 g/mol. The molecule has 2 atom stereocenters. The van der Waals surface area contributed by atoms with Crippen LogP contribution in [0.25, 0.3) is 5.69 Å². The van der Waals surface area contributed by atoms with E-state index in [4.69, 9.17) is 11.6 Å². The van der Waals surface area contributed by atoms with Gasteiger partial charge in [-0.3, -0.25) is 23.9 Å². The Labute approximate surface area is 226 Å². The van der Waals surface area contributed by atoms with E-state index in [1.165, 1.54) is 39.9 Å². The number of aliphatic carboxylic acids is 1. The van der Waals surface area contributed by atoms with Gasteiger partial charge in [-0.05, 0) is 30.3 Å². The third kappa shape index (κ3) is 6.43. The summed E-state index contributed by atoms with van der Waals surface area (Å²) >= 11 is 6.91. The van der Waals surface area contributed by atoms with Gasteiger partial charge in [0.05, 0.1) is 33.2 Å². The quantitative estimate of drug-likeness (QED) is 0.349. The minimum absolute atomic E-state index is 0. The van der Waals surface area contributed by atoms with E-state index in [-0.39, 0.29) is 49.7 Å². The Morgan fingerprint density at radius 2 is 1.92 bits per heavy atom. The van der Waals surface area contributed by atoms with Gasteiger partial charge in [0.1, 0.15) is 5.82 Å². The van der Waals surface area contributed by atoms with Crippen LogP contribution in [-0.2, 0) is 9.59 Å². The first kappa shape index (κ1) is 27.6. The number of carboxylic acids is 1. The fraction of sp³-hybridized carbons (Fsp3) is 0.217. The van der Waals surface area contributed by atoms with E-state index in [9.17, 15) is 28.7 Å². The number of likely N-dealkylation sites (tertiary alicyclic amines) is 1. The van der Waals surface area contributed by atoms with Crippen LogP contribution in [0.2, 0.25) is 4.34 Å². The van der Waals surface area contributed by atoms with E-state index in [1.807, 2.05) is 0 Å². The molecule has 1 aromatic carbocycles. The Kier molecular flexibility index (Phi) is 9.11. The van der Waals surface area contributed by atoms with Crippen molar-refractivity contribution in [3.8, 4) is 5.69 Å². The van der Waals surface area contributed by atoms with Gasteiger partial charge in [-0.15, -0.1) is 11.3 Å². The molecule has 0 unspecified atom stereocenters. The second-order valence-corrected chi connectivity index (χ2v) is 9.64. The molecule has 3 aromatic rings. The van der Waals surface area contributed by atoms with Crippen LogP contribution >= 0.6 is 22.9 Å². The van der Waals surface area contributed by atoms with Crippen LogP contribution in [0, 0.1) is 11.7 Å². The summed E-state index contributed by atoms with van der Waals surface area (Å²) in [6, 6.07) is 10.8. The van der Waals surface area contributed by atoms with Crippen LogP contribution in [0.3, 0.4) is 0 Å². The first-order valence-corrected chi connectivity index (χ1v) is 11.7. The van der Waals surface area contributed by atoms with Gasteiger partial charge in [-0.25, -0.2) is 4.39 Å². The molecule has 0 bridgehead atoms. The second kappa shape index (κ2) is 11.9. The van der Waals surface area contributed by atoms with E-state index in [1.54, 1.807) is 18.2 Å². The zero-order chi connectivity index (χ0) is 25.1. The van der Waals surface area contributed by atoms with Gasteiger partial charge in [-0.1, -0.05) is 17.7 Å². The maximum atomic E-state index is 14.6. The second-order valence-electron chi connectivity index (χ2n) is 7.92. The van der Waals surface area contributed by atoms with Crippen LogP contribution < -0.4 is 40.2 Å². The number of carbonyl (C=O) groups is 3. The summed E-state index contributed by atoms with van der Waals surface area (Å²) in [4.78, 5) is 50.3. The number of rotatable bonds is 7. The molecular formula is C23H19ClFLiN4O5S. The summed E-state index contributed by atoms with van der Waals surface area (Å²) in [5, 5.41) is 16.7. The van der Waals surface area contributed by atoms with Crippen molar-refractivity contribution in [1.29, 1.82) is 0 Å². The van der Waals surface area contributed by atoms with Crippen LogP contribution in [0.4, 0.5) is 10.1 Å². The number of amides is 2.